The van der Waals surface area contributed by atoms with Crippen LogP contribution in [0.2, 0.25) is 0 Å². The van der Waals surface area contributed by atoms with Gasteiger partial charge in [-0.1, -0.05) is 19.3 Å². The van der Waals surface area contributed by atoms with Gasteiger partial charge >= 0.3 is 0 Å². The summed E-state index contributed by atoms with van der Waals surface area (Å²) in [7, 11) is 2.17. The minimum atomic E-state index is -0.360. The van der Waals surface area contributed by atoms with E-state index in [9.17, 15) is 5.11 Å². The zero-order chi connectivity index (χ0) is 13.5. The van der Waals surface area contributed by atoms with Crippen LogP contribution in [-0.4, -0.2) is 61.5 Å². The van der Waals surface area contributed by atoms with Gasteiger partial charge in [0.25, 0.3) is 0 Å². The van der Waals surface area contributed by atoms with Crippen molar-refractivity contribution in [2.45, 2.75) is 63.2 Å². The van der Waals surface area contributed by atoms with Gasteiger partial charge in [0.15, 0.2) is 0 Å². The molecule has 1 saturated heterocycles. The third kappa shape index (κ3) is 5.78. The highest BCUT2D eigenvalue weighted by Gasteiger charge is 2.18. The maximum absolute atomic E-state index is 9.96. The number of piperidine rings is 1. The zero-order valence-electron chi connectivity index (χ0n) is 12.3. The fourth-order valence-electron chi connectivity index (χ4n) is 3.05. The number of nitrogens with one attached hydrogen (secondary N) is 1. The van der Waals surface area contributed by atoms with Crippen LogP contribution >= 0.6 is 0 Å². The highest BCUT2D eigenvalue weighted by Crippen LogP contribution is 2.20. The molecule has 4 heteroatoms. The summed E-state index contributed by atoms with van der Waals surface area (Å²) in [5.41, 5.74) is 0. The van der Waals surface area contributed by atoms with E-state index in [0.717, 1.165) is 13.1 Å². The van der Waals surface area contributed by atoms with Crippen LogP contribution in [0.1, 0.15) is 44.9 Å². The first-order chi connectivity index (χ1) is 9.24. The van der Waals surface area contributed by atoms with Crippen molar-refractivity contribution in [1.82, 2.24) is 10.2 Å². The fraction of sp³-hybridized carbons (Fsp3) is 1.00. The number of aliphatic hydroxyl groups excluding tert-OH is 1. The normalized spacial score (nSPS) is 25.6. The molecule has 0 bridgehead atoms. The Labute approximate surface area is 117 Å². The van der Waals surface area contributed by atoms with Gasteiger partial charge in [-0.25, -0.2) is 0 Å². The Morgan fingerprint density at radius 1 is 1.16 bits per heavy atom. The molecule has 1 heterocycles. The van der Waals surface area contributed by atoms with Crippen LogP contribution in [0.3, 0.4) is 0 Å². The molecule has 0 amide bonds. The standard InChI is InChI=1S/C15H30N2O2/c1-17-9-7-13(8-10-17)16-11-14(18)12-19-15-5-3-2-4-6-15/h13-16,18H,2-12H2,1H3. The van der Waals surface area contributed by atoms with E-state index in [1.165, 1.54) is 44.9 Å². The van der Waals surface area contributed by atoms with Crippen molar-refractivity contribution in [1.29, 1.82) is 0 Å². The summed E-state index contributed by atoms with van der Waals surface area (Å²) in [4.78, 5) is 2.36. The van der Waals surface area contributed by atoms with Crippen molar-refractivity contribution in [2.24, 2.45) is 0 Å². The molecule has 2 N–H and O–H groups in total. The van der Waals surface area contributed by atoms with Crippen molar-refractivity contribution in [3.63, 3.8) is 0 Å². The lowest BCUT2D eigenvalue weighted by Gasteiger charge is -2.30. The fourth-order valence-corrected chi connectivity index (χ4v) is 3.05. The van der Waals surface area contributed by atoms with E-state index in [4.69, 9.17) is 4.74 Å². The summed E-state index contributed by atoms with van der Waals surface area (Å²) < 4.78 is 5.80. The minimum absolute atomic E-state index is 0.360. The third-order valence-electron chi connectivity index (χ3n) is 4.44. The molecule has 1 unspecified atom stereocenters. The van der Waals surface area contributed by atoms with E-state index in [0.29, 0.717) is 25.3 Å². The molecule has 112 valence electrons. The molecule has 19 heavy (non-hydrogen) atoms. The summed E-state index contributed by atoms with van der Waals surface area (Å²) in [5, 5.41) is 13.4. The van der Waals surface area contributed by atoms with Gasteiger partial charge in [0.1, 0.15) is 0 Å². The molecular weight excluding hydrogens is 240 g/mol. The maximum atomic E-state index is 9.96. The van der Waals surface area contributed by atoms with Crippen LogP contribution < -0.4 is 5.32 Å². The molecule has 0 aromatic heterocycles. The van der Waals surface area contributed by atoms with Crippen molar-refractivity contribution < 1.29 is 9.84 Å². The van der Waals surface area contributed by atoms with Crippen molar-refractivity contribution in [3.8, 4) is 0 Å². The van der Waals surface area contributed by atoms with Gasteiger partial charge in [0.05, 0.1) is 18.8 Å². The largest absolute Gasteiger partial charge is 0.389 e. The molecule has 0 radical (unpaired) electrons. The third-order valence-corrected chi connectivity index (χ3v) is 4.44. The summed E-state index contributed by atoms with van der Waals surface area (Å²) in [6.07, 6.45) is 8.68. The van der Waals surface area contributed by atoms with E-state index >= 15 is 0 Å². The lowest BCUT2D eigenvalue weighted by Crippen LogP contribution is -2.44. The SMILES string of the molecule is CN1CCC(NCC(O)COC2CCCCC2)CC1. The van der Waals surface area contributed by atoms with E-state index in [-0.39, 0.29) is 6.10 Å². The lowest BCUT2D eigenvalue weighted by atomic mass is 9.98. The smallest absolute Gasteiger partial charge is 0.0897 e. The molecule has 1 atom stereocenters. The molecule has 0 spiro atoms. The Kier molecular flexibility index (Phi) is 6.57. The van der Waals surface area contributed by atoms with Crippen LogP contribution in [0, 0.1) is 0 Å². The van der Waals surface area contributed by atoms with Crippen molar-refractivity contribution in [2.75, 3.05) is 33.3 Å². The zero-order valence-corrected chi connectivity index (χ0v) is 12.3. The lowest BCUT2D eigenvalue weighted by molar-refractivity contribution is -0.0240. The van der Waals surface area contributed by atoms with Gasteiger partial charge in [-0.15, -0.1) is 0 Å². The van der Waals surface area contributed by atoms with Crippen LogP contribution in [0.25, 0.3) is 0 Å². The maximum Gasteiger partial charge on any atom is 0.0897 e. The number of hydrogen-bond acceptors (Lipinski definition) is 4. The van der Waals surface area contributed by atoms with Gasteiger partial charge in [0, 0.05) is 12.6 Å². The molecule has 1 saturated carbocycles. The van der Waals surface area contributed by atoms with Crippen LogP contribution in [0.15, 0.2) is 0 Å². The predicted octanol–water partition coefficient (Wildman–Crippen LogP) is 1.38. The summed E-state index contributed by atoms with van der Waals surface area (Å²) in [6, 6.07) is 0.570. The quantitative estimate of drug-likeness (QED) is 0.765. The Morgan fingerprint density at radius 3 is 2.53 bits per heavy atom. The van der Waals surface area contributed by atoms with Crippen molar-refractivity contribution >= 4 is 0 Å². The number of rotatable bonds is 6. The Morgan fingerprint density at radius 2 is 1.84 bits per heavy atom. The molecule has 4 nitrogen and oxygen atoms in total. The molecule has 2 rings (SSSR count). The second-order valence-corrected chi connectivity index (χ2v) is 6.23. The highest BCUT2D eigenvalue weighted by molar-refractivity contribution is 4.76. The average molecular weight is 270 g/mol. The highest BCUT2D eigenvalue weighted by atomic mass is 16.5. The van der Waals surface area contributed by atoms with Crippen LogP contribution in [-0.2, 0) is 4.74 Å². The summed E-state index contributed by atoms with van der Waals surface area (Å²) in [6.45, 7) is 3.48. The molecule has 1 aliphatic heterocycles. The van der Waals surface area contributed by atoms with Gasteiger partial charge in [-0.05, 0) is 45.8 Å². The minimum Gasteiger partial charge on any atom is -0.389 e. The molecular formula is C15H30N2O2. The monoisotopic (exact) mass is 270 g/mol. The number of nitrogens with zero attached hydrogens (tertiary/aromatic N) is 1. The Hall–Kier alpha value is -0.160. The van der Waals surface area contributed by atoms with Crippen LogP contribution in [0.4, 0.5) is 0 Å². The number of ether oxygens (including phenoxy) is 1. The molecule has 2 aliphatic rings. The first-order valence-electron chi connectivity index (χ1n) is 7.95. The van der Waals surface area contributed by atoms with E-state index in [1.807, 2.05) is 0 Å². The predicted molar refractivity (Wildman–Crippen MR) is 77.4 cm³/mol. The molecule has 1 aliphatic carbocycles. The number of likely N-dealkylation sites (tertiary alicyclic amines) is 1. The van der Waals surface area contributed by atoms with Gasteiger partial charge in [-0.3, -0.25) is 0 Å². The van der Waals surface area contributed by atoms with Gasteiger partial charge in [0.2, 0.25) is 0 Å². The summed E-state index contributed by atoms with van der Waals surface area (Å²) in [5.74, 6) is 0. The van der Waals surface area contributed by atoms with Crippen molar-refractivity contribution in [3.05, 3.63) is 0 Å². The molecule has 0 aromatic rings. The topological polar surface area (TPSA) is 44.7 Å². The average Bonchev–Trinajstić information content (AvgIpc) is 2.45. The molecule has 2 fully saturated rings. The molecule has 0 aromatic carbocycles. The first-order valence-corrected chi connectivity index (χ1v) is 7.95. The number of aliphatic hydroxyl groups is 1. The van der Waals surface area contributed by atoms with Crippen LogP contribution in [0.5, 0.6) is 0 Å². The second kappa shape index (κ2) is 8.20. The number of hydrogen-bond donors (Lipinski definition) is 2. The Bertz CT molecular complexity index is 236. The first kappa shape index (κ1) is 15.2. The Balaban J connectivity index is 1.52. The van der Waals surface area contributed by atoms with Gasteiger partial charge < -0.3 is 20.1 Å². The summed E-state index contributed by atoms with van der Waals surface area (Å²) >= 11 is 0. The van der Waals surface area contributed by atoms with E-state index < -0.39 is 0 Å². The van der Waals surface area contributed by atoms with E-state index in [1.54, 1.807) is 0 Å². The van der Waals surface area contributed by atoms with Gasteiger partial charge in [-0.2, -0.15) is 0 Å². The van der Waals surface area contributed by atoms with E-state index in [2.05, 4.69) is 17.3 Å². The second-order valence-electron chi connectivity index (χ2n) is 6.23.